The van der Waals surface area contributed by atoms with Crippen LogP contribution in [0.5, 0.6) is 11.5 Å². The van der Waals surface area contributed by atoms with Crippen molar-refractivity contribution in [2.24, 2.45) is 5.92 Å². The van der Waals surface area contributed by atoms with Crippen molar-refractivity contribution in [3.63, 3.8) is 0 Å². The predicted octanol–water partition coefficient (Wildman–Crippen LogP) is 3.39. The summed E-state index contributed by atoms with van der Waals surface area (Å²) in [5.74, 6) is 2.60. The van der Waals surface area contributed by atoms with Crippen molar-refractivity contribution in [1.82, 2.24) is 10.5 Å². The Balaban J connectivity index is 1.47. The quantitative estimate of drug-likeness (QED) is 0.844. The standard InChI is InChI=1S/C21H26N2O4/c1-14-12-17(23-27-14)8-9-22-21(24)20(15-4-2-3-5-15)16-6-7-18-19(13-16)26-11-10-25-18/h6-7,12-13,15,20H,2-5,8-11H2,1H3,(H,22,24). The molecule has 1 unspecified atom stereocenters. The third kappa shape index (κ3) is 4.10. The molecule has 1 aliphatic heterocycles. The summed E-state index contributed by atoms with van der Waals surface area (Å²) < 4.78 is 16.4. The van der Waals surface area contributed by atoms with E-state index in [1.54, 1.807) is 0 Å². The Morgan fingerprint density at radius 2 is 1.96 bits per heavy atom. The molecule has 4 rings (SSSR count). The van der Waals surface area contributed by atoms with E-state index in [1.807, 2.05) is 31.2 Å². The number of hydrogen-bond acceptors (Lipinski definition) is 5. The molecule has 1 saturated carbocycles. The second-order valence-corrected chi connectivity index (χ2v) is 7.40. The summed E-state index contributed by atoms with van der Waals surface area (Å²) in [6.07, 6.45) is 5.24. The van der Waals surface area contributed by atoms with Gasteiger partial charge in [-0.1, -0.05) is 24.1 Å². The van der Waals surface area contributed by atoms with Crippen molar-refractivity contribution in [3.05, 3.63) is 41.3 Å². The average Bonchev–Trinajstić information content (AvgIpc) is 3.34. The van der Waals surface area contributed by atoms with Crippen molar-refractivity contribution in [2.45, 2.75) is 44.9 Å². The first kappa shape index (κ1) is 17.9. The van der Waals surface area contributed by atoms with Gasteiger partial charge in [0.1, 0.15) is 19.0 Å². The van der Waals surface area contributed by atoms with Gasteiger partial charge in [0, 0.05) is 19.0 Å². The highest BCUT2D eigenvalue weighted by Gasteiger charge is 2.32. The number of nitrogens with zero attached hydrogens (tertiary/aromatic N) is 1. The van der Waals surface area contributed by atoms with E-state index in [0.717, 1.165) is 41.4 Å². The lowest BCUT2D eigenvalue weighted by atomic mass is 9.84. The largest absolute Gasteiger partial charge is 0.486 e. The summed E-state index contributed by atoms with van der Waals surface area (Å²) in [5, 5.41) is 7.09. The molecular formula is C21H26N2O4. The van der Waals surface area contributed by atoms with Gasteiger partial charge in [-0.2, -0.15) is 0 Å². The molecule has 0 radical (unpaired) electrons. The maximum atomic E-state index is 13.1. The van der Waals surface area contributed by atoms with E-state index in [2.05, 4.69) is 10.5 Å². The van der Waals surface area contributed by atoms with Crippen LogP contribution in [-0.4, -0.2) is 30.8 Å². The van der Waals surface area contributed by atoms with Crippen molar-refractivity contribution in [3.8, 4) is 11.5 Å². The summed E-state index contributed by atoms with van der Waals surface area (Å²) in [4.78, 5) is 13.1. The SMILES string of the molecule is Cc1cc(CCNC(=O)C(c2ccc3c(c2)OCCO3)C2CCCC2)no1. The molecule has 0 saturated heterocycles. The van der Waals surface area contributed by atoms with Crippen molar-refractivity contribution >= 4 is 5.91 Å². The third-order valence-electron chi connectivity index (χ3n) is 5.44. The minimum absolute atomic E-state index is 0.0822. The number of aromatic nitrogens is 1. The number of hydrogen-bond donors (Lipinski definition) is 1. The van der Waals surface area contributed by atoms with E-state index in [9.17, 15) is 4.79 Å². The Morgan fingerprint density at radius 1 is 1.19 bits per heavy atom. The van der Waals surface area contributed by atoms with Gasteiger partial charge in [0.05, 0.1) is 11.6 Å². The molecule has 2 aromatic rings. The maximum absolute atomic E-state index is 13.1. The molecule has 0 spiro atoms. The Hall–Kier alpha value is -2.50. The lowest BCUT2D eigenvalue weighted by Crippen LogP contribution is -2.34. The van der Waals surface area contributed by atoms with Gasteiger partial charge in [0.15, 0.2) is 11.5 Å². The molecule has 6 heteroatoms. The summed E-state index contributed by atoms with van der Waals surface area (Å²) in [6.45, 7) is 3.54. The van der Waals surface area contributed by atoms with E-state index >= 15 is 0 Å². The van der Waals surface area contributed by atoms with Gasteiger partial charge in [0.25, 0.3) is 0 Å². The summed E-state index contributed by atoms with van der Waals surface area (Å²) in [6, 6.07) is 7.83. The van der Waals surface area contributed by atoms with E-state index in [1.165, 1.54) is 12.8 Å². The maximum Gasteiger partial charge on any atom is 0.227 e. The molecule has 1 fully saturated rings. The molecule has 1 amide bonds. The number of amides is 1. The number of rotatable bonds is 6. The second kappa shape index (κ2) is 8.03. The summed E-state index contributed by atoms with van der Waals surface area (Å²) >= 11 is 0. The number of carbonyl (C=O) groups excluding carboxylic acids is 1. The minimum atomic E-state index is -0.151. The first-order valence-electron chi connectivity index (χ1n) is 9.80. The Morgan fingerprint density at radius 3 is 2.70 bits per heavy atom. The number of ether oxygens (including phenoxy) is 2. The van der Waals surface area contributed by atoms with Crippen LogP contribution in [0, 0.1) is 12.8 Å². The number of carbonyl (C=O) groups is 1. The molecule has 1 aromatic carbocycles. The van der Waals surface area contributed by atoms with Crippen LogP contribution in [0.25, 0.3) is 0 Å². The number of nitrogens with one attached hydrogen (secondary N) is 1. The van der Waals surface area contributed by atoms with Crippen molar-refractivity contribution < 1.29 is 18.8 Å². The van der Waals surface area contributed by atoms with Crippen LogP contribution in [0.4, 0.5) is 0 Å². The zero-order valence-corrected chi connectivity index (χ0v) is 15.7. The molecule has 2 aliphatic rings. The summed E-state index contributed by atoms with van der Waals surface area (Å²) in [7, 11) is 0. The fraction of sp³-hybridized carbons (Fsp3) is 0.524. The van der Waals surface area contributed by atoms with Gasteiger partial charge in [-0.25, -0.2) is 0 Å². The Kier molecular flexibility index (Phi) is 5.32. The first-order chi connectivity index (χ1) is 13.2. The van der Waals surface area contributed by atoms with Gasteiger partial charge in [0.2, 0.25) is 5.91 Å². The smallest absolute Gasteiger partial charge is 0.227 e. The Bertz CT molecular complexity index is 795. The van der Waals surface area contributed by atoms with Gasteiger partial charge in [-0.3, -0.25) is 4.79 Å². The van der Waals surface area contributed by atoms with Crippen LogP contribution in [0.2, 0.25) is 0 Å². The molecule has 6 nitrogen and oxygen atoms in total. The molecule has 27 heavy (non-hydrogen) atoms. The third-order valence-corrected chi connectivity index (χ3v) is 5.44. The average molecular weight is 370 g/mol. The first-order valence-corrected chi connectivity index (χ1v) is 9.80. The van der Waals surface area contributed by atoms with E-state index in [-0.39, 0.29) is 11.8 Å². The predicted molar refractivity (Wildman–Crippen MR) is 100 cm³/mol. The van der Waals surface area contributed by atoms with Crippen LogP contribution < -0.4 is 14.8 Å². The topological polar surface area (TPSA) is 73.6 Å². The lowest BCUT2D eigenvalue weighted by Gasteiger charge is -2.25. The number of aryl methyl sites for hydroxylation is 1. The van der Waals surface area contributed by atoms with Crippen LogP contribution in [0.1, 0.15) is 48.6 Å². The van der Waals surface area contributed by atoms with Gasteiger partial charge < -0.3 is 19.3 Å². The monoisotopic (exact) mass is 370 g/mol. The zero-order valence-electron chi connectivity index (χ0n) is 15.7. The van der Waals surface area contributed by atoms with Gasteiger partial charge >= 0.3 is 0 Å². The van der Waals surface area contributed by atoms with Crippen LogP contribution in [0.3, 0.4) is 0 Å². The van der Waals surface area contributed by atoms with E-state index in [4.69, 9.17) is 14.0 Å². The fourth-order valence-corrected chi connectivity index (χ4v) is 4.14. The van der Waals surface area contributed by atoms with E-state index in [0.29, 0.717) is 32.1 Å². The lowest BCUT2D eigenvalue weighted by molar-refractivity contribution is -0.123. The summed E-state index contributed by atoms with van der Waals surface area (Å²) in [5.41, 5.74) is 1.88. The van der Waals surface area contributed by atoms with Crippen LogP contribution in [-0.2, 0) is 11.2 Å². The van der Waals surface area contributed by atoms with Gasteiger partial charge in [-0.05, 0) is 43.4 Å². The van der Waals surface area contributed by atoms with Crippen molar-refractivity contribution in [1.29, 1.82) is 0 Å². The molecular weight excluding hydrogens is 344 g/mol. The van der Waals surface area contributed by atoms with Crippen molar-refractivity contribution in [2.75, 3.05) is 19.8 Å². The highest BCUT2D eigenvalue weighted by Crippen LogP contribution is 2.40. The second-order valence-electron chi connectivity index (χ2n) is 7.40. The minimum Gasteiger partial charge on any atom is -0.486 e. The zero-order chi connectivity index (χ0) is 18.6. The molecule has 1 aliphatic carbocycles. The number of fused-ring (bicyclic) bond motifs is 1. The molecule has 0 bridgehead atoms. The Labute approximate surface area is 159 Å². The molecule has 144 valence electrons. The van der Waals surface area contributed by atoms with E-state index < -0.39 is 0 Å². The van der Waals surface area contributed by atoms with Gasteiger partial charge in [-0.15, -0.1) is 0 Å². The number of benzene rings is 1. The normalized spacial score (nSPS) is 17.7. The molecule has 1 atom stereocenters. The van der Waals surface area contributed by atoms with Crippen LogP contribution in [0.15, 0.2) is 28.8 Å². The van der Waals surface area contributed by atoms with Crippen LogP contribution >= 0.6 is 0 Å². The molecule has 2 heterocycles. The molecule has 1 aromatic heterocycles. The molecule has 1 N–H and O–H groups in total. The fourth-order valence-electron chi connectivity index (χ4n) is 4.14. The highest BCUT2D eigenvalue weighted by atomic mass is 16.6. The highest BCUT2D eigenvalue weighted by molar-refractivity contribution is 5.84.